The highest BCUT2D eigenvalue weighted by molar-refractivity contribution is 8.00. The van der Waals surface area contributed by atoms with Crippen molar-refractivity contribution in [2.24, 2.45) is 0 Å². The lowest BCUT2D eigenvalue weighted by Crippen LogP contribution is -2.48. The Hall–Kier alpha value is -0.870. The Balaban J connectivity index is 2.01. The Bertz CT molecular complexity index is 465. The molecule has 20 heavy (non-hydrogen) atoms. The molecule has 1 aromatic rings. The quantitative estimate of drug-likeness (QED) is 0.682. The Labute approximate surface area is 129 Å². The topological polar surface area (TPSA) is 46.3 Å². The van der Waals surface area contributed by atoms with Gasteiger partial charge in [-0.15, -0.1) is 11.8 Å². The number of nitrogen functional groups attached to an aromatic ring is 1. The van der Waals surface area contributed by atoms with E-state index >= 15 is 0 Å². The lowest BCUT2D eigenvalue weighted by molar-refractivity contribution is -0.134. The van der Waals surface area contributed by atoms with E-state index in [0.717, 1.165) is 17.7 Å². The fourth-order valence-corrected chi connectivity index (χ4v) is 4.00. The van der Waals surface area contributed by atoms with Crippen LogP contribution in [0.1, 0.15) is 33.1 Å². The summed E-state index contributed by atoms with van der Waals surface area (Å²) < 4.78 is 0. The van der Waals surface area contributed by atoms with Gasteiger partial charge in [0.15, 0.2) is 0 Å². The summed E-state index contributed by atoms with van der Waals surface area (Å²) in [5, 5.41) is 0.613. The van der Waals surface area contributed by atoms with Crippen LogP contribution in [0.25, 0.3) is 0 Å². The first-order valence-electron chi connectivity index (χ1n) is 6.98. The average Bonchev–Trinajstić information content (AvgIpc) is 2.38. The van der Waals surface area contributed by atoms with E-state index in [2.05, 4.69) is 13.8 Å². The van der Waals surface area contributed by atoms with Gasteiger partial charge in [-0.2, -0.15) is 0 Å². The number of carbonyl (C=O) groups excluding carboxylic acids is 1. The van der Waals surface area contributed by atoms with Crippen molar-refractivity contribution in [2.75, 3.05) is 11.5 Å². The molecule has 0 aromatic heterocycles. The summed E-state index contributed by atoms with van der Waals surface area (Å²) in [4.78, 5) is 15.3. The molecule has 0 aliphatic carbocycles. The number of anilines is 1. The van der Waals surface area contributed by atoms with Crippen molar-refractivity contribution in [3.63, 3.8) is 0 Å². The van der Waals surface area contributed by atoms with Crippen LogP contribution in [-0.2, 0) is 4.79 Å². The number of rotatable bonds is 3. The van der Waals surface area contributed by atoms with Gasteiger partial charge in [0.25, 0.3) is 0 Å². The second-order valence-corrected chi connectivity index (χ2v) is 6.77. The summed E-state index contributed by atoms with van der Waals surface area (Å²) in [5.41, 5.74) is 6.54. The van der Waals surface area contributed by atoms with Crippen LogP contribution in [0.15, 0.2) is 23.1 Å². The maximum atomic E-state index is 12.4. The number of piperidine rings is 1. The Morgan fingerprint density at radius 1 is 1.40 bits per heavy atom. The van der Waals surface area contributed by atoms with E-state index in [0.29, 0.717) is 28.5 Å². The van der Waals surface area contributed by atoms with Crippen molar-refractivity contribution in [3.05, 3.63) is 23.2 Å². The van der Waals surface area contributed by atoms with Gasteiger partial charge in [0, 0.05) is 22.7 Å². The lowest BCUT2D eigenvalue weighted by Gasteiger charge is -2.39. The maximum Gasteiger partial charge on any atom is 0.233 e. The van der Waals surface area contributed by atoms with Gasteiger partial charge in [-0.05, 0) is 45.2 Å². The molecule has 2 N–H and O–H groups in total. The largest absolute Gasteiger partial charge is 0.398 e. The van der Waals surface area contributed by atoms with Gasteiger partial charge >= 0.3 is 0 Å². The van der Waals surface area contributed by atoms with E-state index in [1.807, 2.05) is 17.0 Å². The Morgan fingerprint density at radius 2 is 2.05 bits per heavy atom. The van der Waals surface area contributed by atoms with Crippen molar-refractivity contribution in [2.45, 2.75) is 50.1 Å². The summed E-state index contributed by atoms with van der Waals surface area (Å²) in [6.45, 7) is 4.25. The highest BCUT2D eigenvalue weighted by Crippen LogP contribution is 2.33. The molecule has 1 aliphatic rings. The molecule has 0 saturated carbocycles. The average molecular weight is 313 g/mol. The maximum absolute atomic E-state index is 12.4. The molecule has 2 unspecified atom stereocenters. The second-order valence-electron chi connectivity index (χ2n) is 5.38. The zero-order valence-electron chi connectivity index (χ0n) is 11.9. The molecule has 1 aliphatic heterocycles. The molecule has 1 heterocycles. The third-order valence-electron chi connectivity index (χ3n) is 3.82. The fraction of sp³-hybridized carbons (Fsp3) is 0.533. The number of amides is 1. The van der Waals surface area contributed by atoms with Crippen LogP contribution in [0.2, 0.25) is 5.02 Å². The van der Waals surface area contributed by atoms with Crippen molar-refractivity contribution < 1.29 is 4.79 Å². The van der Waals surface area contributed by atoms with E-state index in [1.54, 1.807) is 6.07 Å². The van der Waals surface area contributed by atoms with E-state index in [-0.39, 0.29) is 5.91 Å². The standard InChI is InChI=1S/C15H21ClN2OS/c1-10-5-3-6-11(2)18(10)14(19)9-20-15-12(16)7-4-8-13(15)17/h4,7-8,10-11H,3,5-6,9,17H2,1-2H3. The monoisotopic (exact) mass is 312 g/mol. The summed E-state index contributed by atoms with van der Waals surface area (Å²) >= 11 is 7.56. The van der Waals surface area contributed by atoms with Gasteiger partial charge in [-0.25, -0.2) is 0 Å². The van der Waals surface area contributed by atoms with Crippen molar-refractivity contribution >= 4 is 35.0 Å². The molecule has 2 rings (SSSR count). The zero-order chi connectivity index (χ0) is 14.7. The highest BCUT2D eigenvalue weighted by atomic mass is 35.5. The minimum atomic E-state index is 0.175. The van der Waals surface area contributed by atoms with Crippen LogP contribution < -0.4 is 5.73 Å². The van der Waals surface area contributed by atoms with Gasteiger partial charge in [0.2, 0.25) is 5.91 Å². The number of likely N-dealkylation sites (tertiary alicyclic amines) is 1. The van der Waals surface area contributed by atoms with Crippen molar-refractivity contribution in [1.82, 2.24) is 4.90 Å². The smallest absolute Gasteiger partial charge is 0.233 e. The number of nitrogens with zero attached hydrogens (tertiary/aromatic N) is 1. The van der Waals surface area contributed by atoms with E-state index in [4.69, 9.17) is 17.3 Å². The molecule has 3 nitrogen and oxygen atoms in total. The summed E-state index contributed by atoms with van der Waals surface area (Å²) in [7, 11) is 0. The number of carbonyl (C=O) groups is 1. The third kappa shape index (κ3) is 3.41. The molecule has 0 spiro atoms. The summed E-state index contributed by atoms with van der Waals surface area (Å²) in [6.07, 6.45) is 3.39. The van der Waals surface area contributed by atoms with Crippen LogP contribution in [-0.4, -0.2) is 28.6 Å². The first-order chi connectivity index (χ1) is 9.50. The molecule has 110 valence electrons. The second kappa shape index (κ2) is 6.72. The lowest BCUT2D eigenvalue weighted by atomic mass is 9.98. The fourth-order valence-electron chi connectivity index (χ4n) is 2.80. The predicted molar refractivity (Wildman–Crippen MR) is 86.2 cm³/mol. The molecular weight excluding hydrogens is 292 g/mol. The van der Waals surface area contributed by atoms with Crippen LogP contribution in [0.3, 0.4) is 0 Å². The minimum absolute atomic E-state index is 0.175. The Kier molecular flexibility index (Phi) is 5.22. The molecule has 0 radical (unpaired) electrons. The van der Waals surface area contributed by atoms with E-state index in [1.165, 1.54) is 18.2 Å². The van der Waals surface area contributed by atoms with Gasteiger partial charge < -0.3 is 10.6 Å². The van der Waals surface area contributed by atoms with Crippen molar-refractivity contribution in [3.8, 4) is 0 Å². The highest BCUT2D eigenvalue weighted by Gasteiger charge is 2.28. The molecule has 5 heteroatoms. The SMILES string of the molecule is CC1CCCC(C)N1C(=O)CSc1c(N)cccc1Cl. The van der Waals surface area contributed by atoms with Crippen LogP contribution in [0.4, 0.5) is 5.69 Å². The number of benzene rings is 1. The van der Waals surface area contributed by atoms with E-state index in [9.17, 15) is 4.79 Å². The molecule has 1 saturated heterocycles. The molecule has 2 atom stereocenters. The first-order valence-corrected chi connectivity index (χ1v) is 8.35. The van der Waals surface area contributed by atoms with Crippen LogP contribution in [0, 0.1) is 0 Å². The first kappa shape index (κ1) is 15.5. The summed E-state index contributed by atoms with van der Waals surface area (Å²) in [5.74, 6) is 0.566. The Morgan fingerprint density at radius 3 is 2.65 bits per heavy atom. The van der Waals surface area contributed by atoms with Gasteiger partial charge in [-0.3, -0.25) is 4.79 Å². The molecule has 0 bridgehead atoms. The zero-order valence-corrected chi connectivity index (χ0v) is 13.5. The number of thioether (sulfide) groups is 1. The molecule has 1 amide bonds. The number of hydrogen-bond donors (Lipinski definition) is 1. The van der Waals surface area contributed by atoms with Crippen LogP contribution in [0.5, 0.6) is 0 Å². The van der Waals surface area contributed by atoms with Crippen LogP contribution >= 0.6 is 23.4 Å². The number of nitrogens with two attached hydrogens (primary N) is 1. The van der Waals surface area contributed by atoms with Gasteiger partial charge in [0.05, 0.1) is 10.8 Å². The minimum Gasteiger partial charge on any atom is -0.398 e. The molecule has 1 fully saturated rings. The normalized spacial score (nSPS) is 22.9. The number of hydrogen-bond acceptors (Lipinski definition) is 3. The van der Waals surface area contributed by atoms with Crippen molar-refractivity contribution in [1.29, 1.82) is 0 Å². The van der Waals surface area contributed by atoms with Gasteiger partial charge in [-0.1, -0.05) is 17.7 Å². The predicted octanol–water partition coefficient (Wildman–Crippen LogP) is 3.80. The third-order valence-corrected chi connectivity index (χ3v) is 5.38. The molecule has 1 aromatic carbocycles. The summed E-state index contributed by atoms with van der Waals surface area (Å²) in [6, 6.07) is 6.09. The number of halogens is 1. The molecular formula is C15H21ClN2OS. The van der Waals surface area contributed by atoms with E-state index < -0.39 is 0 Å². The van der Waals surface area contributed by atoms with Gasteiger partial charge in [0.1, 0.15) is 0 Å².